The molecule has 4 heteroatoms. The van der Waals surface area contributed by atoms with Gasteiger partial charge in [-0.3, -0.25) is 8.93 Å². The monoisotopic (exact) mass is 237 g/mol. The molecule has 0 spiro atoms. The number of nitrogens with one attached hydrogen (secondary N) is 1. The van der Waals surface area contributed by atoms with E-state index in [1.54, 1.807) is 19.6 Å². The van der Waals surface area contributed by atoms with Crippen LogP contribution in [0, 0.1) is 0 Å². The molecule has 0 fully saturated rings. The average Bonchev–Trinajstić information content (AvgIpc) is 1.35. The van der Waals surface area contributed by atoms with Gasteiger partial charge in [-0.25, -0.2) is 0 Å². The summed E-state index contributed by atoms with van der Waals surface area (Å²) in [4.78, 5) is 0. The van der Waals surface area contributed by atoms with Gasteiger partial charge >= 0.3 is 0 Å². The van der Waals surface area contributed by atoms with Crippen molar-refractivity contribution in [2.45, 2.75) is 0 Å². The highest BCUT2D eigenvalue weighted by Gasteiger charge is 1.87. The number of hydrogen-bond acceptors (Lipinski definition) is 1. The lowest BCUT2D eigenvalue weighted by Gasteiger charge is -2.07. The zero-order valence-corrected chi connectivity index (χ0v) is 7.99. The minimum absolute atomic E-state index is 0. The maximum absolute atomic E-state index is 10.5. The molecule has 0 amide bonds. The molecule has 0 aliphatic carbocycles. The Bertz CT molecular complexity index is 79.0. The Hall–Kier alpha value is 0.840. The third-order valence-corrected chi connectivity index (χ3v) is 1.62. The van der Waals surface area contributed by atoms with E-state index < -0.39 is 10.1 Å². The molecule has 0 heterocycles. The summed E-state index contributed by atoms with van der Waals surface area (Å²) in [5.41, 5.74) is 0. The number of halogens is 1. The molecule has 0 rings (SSSR count). The molecule has 0 aromatic rings. The normalized spacial score (nSPS) is 12.4. The van der Waals surface area contributed by atoms with Gasteiger partial charge < -0.3 is 0 Å². The fourth-order valence-electron chi connectivity index (χ4n) is 0. The minimum atomic E-state index is -1.90. The van der Waals surface area contributed by atoms with E-state index in [2.05, 4.69) is 4.72 Å². The molecular weight excluding hydrogens is 225 g/mol. The molecule has 0 unspecified atom stereocenters. The van der Waals surface area contributed by atoms with Crippen molar-refractivity contribution in [3.05, 3.63) is 0 Å². The summed E-state index contributed by atoms with van der Waals surface area (Å²) in [6.45, 7) is 0. The summed E-state index contributed by atoms with van der Waals surface area (Å²) in [5.74, 6) is 0. The average molecular weight is 237 g/mol. The molecule has 2 nitrogen and oxygen atoms in total. The van der Waals surface area contributed by atoms with Crippen molar-refractivity contribution in [3.63, 3.8) is 0 Å². The summed E-state index contributed by atoms with van der Waals surface area (Å²) < 4.78 is 13.1. The maximum Gasteiger partial charge on any atom is 0.000987 e. The first-order valence-corrected chi connectivity index (χ1v) is 4.40. The van der Waals surface area contributed by atoms with Gasteiger partial charge in [0.05, 0.1) is 0 Å². The van der Waals surface area contributed by atoms with Gasteiger partial charge in [0.2, 0.25) is 0 Å². The van der Waals surface area contributed by atoms with Gasteiger partial charge in [-0.1, -0.05) is 10.1 Å². The van der Waals surface area contributed by atoms with Gasteiger partial charge in [-0.05, 0) is 7.05 Å². The molecule has 7 heavy (non-hydrogen) atoms. The van der Waals surface area contributed by atoms with Gasteiger partial charge in [0, 0.05) is 12.5 Å². The van der Waals surface area contributed by atoms with E-state index >= 15 is 0 Å². The highest BCUT2D eigenvalue weighted by Crippen LogP contribution is 1.76. The summed E-state index contributed by atoms with van der Waals surface area (Å²) in [7, 11) is -0.201. The van der Waals surface area contributed by atoms with Crippen LogP contribution in [0.5, 0.6) is 0 Å². The lowest BCUT2D eigenvalue weighted by molar-refractivity contribution is 0.673. The predicted molar refractivity (Wildman–Crippen MR) is 45.9 cm³/mol. The fourth-order valence-corrected chi connectivity index (χ4v) is 0. The van der Waals surface area contributed by atoms with Crippen LogP contribution in [0.25, 0.3) is 0 Å². The van der Waals surface area contributed by atoms with Gasteiger partial charge in [-0.2, -0.15) is 0 Å². The first-order chi connectivity index (χ1) is 2.56. The van der Waals surface area contributed by atoms with Crippen molar-refractivity contribution in [1.82, 2.24) is 4.72 Å². The van der Waals surface area contributed by atoms with Gasteiger partial charge in [0.25, 0.3) is 0 Å². The highest BCUT2D eigenvalue weighted by atomic mass is 127. The van der Waals surface area contributed by atoms with Gasteiger partial charge in [0.15, 0.2) is 0 Å². The molecule has 0 aliphatic rings. The lowest BCUT2D eigenvalue weighted by atomic mass is 11.6. The molecular formula is C3H12INOS. The Balaban J connectivity index is 0. The van der Waals surface area contributed by atoms with E-state index in [0.29, 0.717) is 0 Å². The molecule has 48 valence electrons. The van der Waals surface area contributed by atoms with Gasteiger partial charge in [0.1, 0.15) is 0 Å². The van der Waals surface area contributed by atoms with Crippen LogP contribution in [-0.4, -0.2) is 23.8 Å². The minimum Gasteiger partial charge on any atom is -0.272 e. The van der Waals surface area contributed by atoms with Crippen molar-refractivity contribution < 1.29 is 4.21 Å². The van der Waals surface area contributed by atoms with Crippen LogP contribution in [-0.2, 0) is 10.1 Å². The van der Waals surface area contributed by atoms with Gasteiger partial charge in [-0.15, -0.1) is 24.0 Å². The lowest BCUT2D eigenvalue weighted by Crippen LogP contribution is -2.23. The van der Waals surface area contributed by atoms with Crippen molar-refractivity contribution in [1.29, 1.82) is 0 Å². The molecule has 0 atom stereocenters. The van der Waals surface area contributed by atoms with E-state index in [9.17, 15) is 4.21 Å². The summed E-state index contributed by atoms with van der Waals surface area (Å²) in [5, 5.41) is 0. The third kappa shape index (κ3) is 10.9. The number of rotatable bonds is 1. The molecule has 1 N–H and O–H groups in total. The summed E-state index contributed by atoms with van der Waals surface area (Å²) >= 11 is 0. The number of thiol groups is 1. The quantitative estimate of drug-likeness (QED) is 0.488. The van der Waals surface area contributed by atoms with Crippen molar-refractivity contribution in [3.8, 4) is 0 Å². The second-order valence-electron chi connectivity index (χ2n) is 1.57. The SMILES string of the molecule is CN[SH](C)(C)=O.I. The zero-order chi connectivity index (χ0) is 5.21. The second-order valence-corrected chi connectivity index (χ2v) is 4.72. The fraction of sp³-hybridized carbons (Fsp3) is 1.00. The highest BCUT2D eigenvalue weighted by molar-refractivity contribution is 14.0. The summed E-state index contributed by atoms with van der Waals surface area (Å²) in [6.07, 6.45) is 3.38. The van der Waals surface area contributed by atoms with Crippen LogP contribution in [0.15, 0.2) is 0 Å². The largest absolute Gasteiger partial charge is 0.272 e. The van der Waals surface area contributed by atoms with Crippen molar-refractivity contribution in [2.75, 3.05) is 19.6 Å². The maximum atomic E-state index is 10.5. The number of hydrogen-bond donors (Lipinski definition) is 2. The van der Waals surface area contributed by atoms with Crippen LogP contribution in [0.1, 0.15) is 0 Å². The van der Waals surface area contributed by atoms with E-state index in [-0.39, 0.29) is 24.0 Å². The van der Waals surface area contributed by atoms with E-state index in [1.807, 2.05) is 0 Å². The molecule has 0 saturated carbocycles. The third-order valence-electron chi connectivity index (χ3n) is 0.539. The molecule has 0 saturated heterocycles. The van der Waals surface area contributed by atoms with Crippen LogP contribution in [0.4, 0.5) is 0 Å². The van der Waals surface area contributed by atoms with E-state index in [1.165, 1.54) is 0 Å². The first-order valence-electron chi connectivity index (χ1n) is 1.80. The molecule has 0 aliphatic heterocycles. The first kappa shape index (κ1) is 10.8. The summed E-state index contributed by atoms with van der Waals surface area (Å²) in [6, 6.07) is 0. The Morgan fingerprint density at radius 3 is 1.57 bits per heavy atom. The Labute approximate surface area is 62.6 Å². The van der Waals surface area contributed by atoms with Crippen molar-refractivity contribution in [2.24, 2.45) is 0 Å². The van der Waals surface area contributed by atoms with Crippen LogP contribution < -0.4 is 4.72 Å². The van der Waals surface area contributed by atoms with E-state index in [0.717, 1.165) is 0 Å². The Morgan fingerprint density at radius 1 is 1.43 bits per heavy atom. The van der Waals surface area contributed by atoms with Crippen LogP contribution in [0.3, 0.4) is 0 Å². The molecule has 0 aromatic carbocycles. The van der Waals surface area contributed by atoms with Crippen molar-refractivity contribution >= 4 is 34.1 Å². The van der Waals surface area contributed by atoms with E-state index in [4.69, 9.17) is 0 Å². The molecule has 0 radical (unpaired) electrons. The predicted octanol–water partition coefficient (Wildman–Crippen LogP) is 0.0151. The van der Waals surface area contributed by atoms with Crippen LogP contribution >= 0.6 is 24.0 Å². The van der Waals surface area contributed by atoms with Crippen LogP contribution in [0.2, 0.25) is 0 Å². The molecule has 0 bridgehead atoms. The molecule has 0 aromatic heterocycles. The zero-order valence-electron chi connectivity index (χ0n) is 4.76. The smallest absolute Gasteiger partial charge is 0.000987 e. The second kappa shape index (κ2) is 3.80. The Morgan fingerprint density at radius 2 is 1.57 bits per heavy atom. The standard InChI is InChI=1S/C3H11NOS.HI/c1-4-6(2,3)5;/h6H,1-3H3,(H,4,5);1H. The topological polar surface area (TPSA) is 29.1 Å². The Kier molecular flexibility index (Phi) is 5.83.